The molecular weight excluding hydrogens is 145 g/mol. The third-order valence-electron chi connectivity index (χ3n) is 1.23. The third-order valence-corrected chi connectivity index (χ3v) is 1.23. The zero-order chi connectivity index (χ0) is 7.78. The average molecular weight is 152 g/mol. The maximum atomic E-state index is 11.8. The van der Waals surface area contributed by atoms with Crippen LogP contribution < -0.4 is 5.43 Å². The van der Waals surface area contributed by atoms with Crippen molar-refractivity contribution in [2.45, 2.75) is 6.18 Å². The van der Waals surface area contributed by atoms with Crippen LogP contribution in [0.25, 0.3) is 0 Å². The van der Waals surface area contributed by atoms with Gasteiger partial charge in [-0.05, 0) is 0 Å². The summed E-state index contributed by atoms with van der Waals surface area (Å²) in [5.41, 5.74) is 1.96. The fourth-order valence-corrected chi connectivity index (χ4v) is 0.708. The van der Waals surface area contributed by atoms with E-state index < -0.39 is 11.7 Å². The molecule has 1 N–H and O–H groups in total. The highest BCUT2D eigenvalue weighted by Crippen LogP contribution is 2.26. The molecule has 5 heteroatoms. The number of hydrogen-bond acceptors (Lipinski definition) is 2. The van der Waals surface area contributed by atoms with Gasteiger partial charge in [-0.2, -0.15) is 13.2 Å². The van der Waals surface area contributed by atoms with Crippen LogP contribution in [0.3, 0.4) is 0 Å². The molecule has 0 fully saturated rings. The number of halogens is 3. The van der Waals surface area contributed by atoms with E-state index in [1.165, 1.54) is 12.1 Å². The topological polar surface area (TPSA) is 15.3 Å². The van der Waals surface area contributed by atoms with Gasteiger partial charge in [0.25, 0.3) is 0 Å². The van der Waals surface area contributed by atoms with Crippen molar-refractivity contribution in [3.8, 4) is 0 Å². The lowest BCUT2D eigenvalue weighted by Crippen LogP contribution is -2.25. The van der Waals surface area contributed by atoms with Gasteiger partial charge in [0.15, 0.2) is 0 Å². The highest BCUT2D eigenvalue weighted by atomic mass is 19.4. The van der Waals surface area contributed by atoms with E-state index in [0.29, 0.717) is 0 Å². The first-order valence-corrected chi connectivity index (χ1v) is 2.74. The summed E-state index contributed by atoms with van der Waals surface area (Å²) in [6.45, 7) is -0.125. The van der Waals surface area contributed by atoms with Crippen molar-refractivity contribution in [1.82, 2.24) is 10.4 Å². The summed E-state index contributed by atoms with van der Waals surface area (Å²) in [4.78, 5) is 0. The Hall–Kier alpha value is -0.710. The maximum absolute atomic E-state index is 11.8. The second-order valence-electron chi connectivity index (χ2n) is 2.10. The van der Waals surface area contributed by atoms with E-state index in [0.717, 1.165) is 6.20 Å². The minimum atomic E-state index is -4.18. The Morgan fingerprint density at radius 2 is 2.20 bits per heavy atom. The highest BCUT2D eigenvalue weighted by molar-refractivity contribution is 5.13. The minimum absolute atomic E-state index is 0.125. The van der Waals surface area contributed by atoms with Gasteiger partial charge in [-0.1, -0.05) is 0 Å². The van der Waals surface area contributed by atoms with Crippen LogP contribution in [0.15, 0.2) is 11.8 Å². The molecule has 0 atom stereocenters. The van der Waals surface area contributed by atoms with E-state index in [4.69, 9.17) is 0 Å². The minimum Gasteiger partial charge on any atom is -0.318 e. The Morgan fingerprint density at radius 1 is 1.60 bits per heavy atom. The lowest BCUT2D eigenvalue weighted by Gasteiger charge is -2.04. The van der Waals surface area contributed by atoms with Crippen molar-refractivity contribution in [2.75, 3.05) is 13.6 Å². The fourth-order valence-electron chi connectivity index (χ4n) is 0.708. The molecule has 0 bridgehead atoms. The van der Waals surface area contributed by atoms with Crippen LogP contribution in [0.4, 0.5) is 13.2 Å². The van der Waals surface area contributed by atoms with E-state index in [-0.39, 0.29) is 6.54 Å². The van der Waals surface area contributed by atoms with Gasteiger partial charge in [0, 0.05) is 19.8 Å². The summed E-state index contributed by atoms with van der Waals surface area (Å²) >= 11 is 0. The van der Waals surface area contributed by atoms with Gasteiger partial charge in [-0.15, -0.1) is 0 Å². The first-order chi connectivity index (χ1) is 4.50. The zero-order valence-electron chi connectivity index (χ0n) is 5.37. The van der Waals surface area contributed by atoms with Gasteiger partial charge < -0.3 is 5.01 Å². The second kappa shape index (κ2) is 2.16. The molecule has 1 heterocycles. The number of nitrogens with one attached hydrogen (secondary N) is 1. The van der Waals surface area contributed by atoms with Crippen LogP contribution in [-0.4, -0.2) is 24.8 Å². The average Bonchev–Trinajstić information content (AvgIpc) is 2.11. The van der Waals surface area contributed by atoms with Crippen LogP contribution in [0.5, 0.6) is 0 Å². The molecular formula is C5H7F3N2. The predicted octanol–water partition coefficient (Wildman–Crippen LogP) is 0.883. The number of hydrogen-bond donors (Lipinski definition) is 1. The molecule has 0 saturated heterocycles. The molecule has 1 aliphatic rings. The number of alkyl halides is 3. The van der Waals surface area contributed by atoms with Crippen molar-refractivity contribution in [3.63, 3.8) is 0 Å². The first-order valence-electron chi connectivity index (χ1n) is 2.74. The maximum Gasteiger partial charge on any atom is 0.415 e. The van der Waals surface area contributed by atoms with Crippen molar-refractivity contribution in [3.05, 3.63) is 11.8 Å². The van der Waals surface area contributed by atoms with Crippen LogP contribution in [0, 0.1) is 0 Å². The lowest BCUT2D eigenvalue weighted by molar-refractivity contribution is -0.0918. The van der Waals surface area contributed by atoms with E-state index in [1.807, 2.05) is 0 Å². The molecule has 0 unspecified atom stereocenters. The van der Waals surface area contributed by atoms with Crippen molar-refractivity contribution < 1.29 is 13.2 Å². The molecule has 0 aromatic rings. The Kier molecular flexibility index (Phi) is 1.60. The second-order valence-corrected chi connectivity index (χ2v) is 2.10. The molecule has 0 radical (unpaired) electrons. The predicted molar refractivity (Wildman–Crippen MR) is 29.9 cm³/mol. The smallest absolute Gasteiger partial charge is 0.318 e. The largest absolute Gasteiger partial charge is 0.415 e. The molecule has 0 aromatic carbocycles. The van der Waals surface area contributed by atoms with Crippen LogP contribution >= 0.6 is 0 Å². The van der Waals surface area contributed by atoms with E-state index in [1.54, 1.807) is 0 Å². The summed E-state index contributed by atoms with van der Waals surface area (Å²) in [6, 6.07) is 0. The molecule has 0 spiro atoms. The molecule has 0 saturated carbocycles. The van der Waals surface area contributed by atoms with Crippen LogP contribution in [0.1, 0.15) is 0 Å². The van der Waals surface area contributed by atoms with Gasteiger partial charge in [0.1, 0.15) is 0 Å². The zero-order valence-corrected chi connectivity index (χ0v) is 5.37. The first kappa shape index (κ1) is 7.40. The Labute approximate surface area is 56.3 Å². The summed E-state index contributed by atoms with van der Waals surface area (Å²) < 4.78 is 35.4. The summed E-state index contributed by atoms with van der Waals surface area (Å²) in [5.74, 6) is 0. The molecule has 10 heavy (non-hydrogen) atoms. The van der Waals surface area contributed by atoms with Crippen molar-refractivity contribution >= 4 is 0 Å². The Bertz CT molecular complexity index is 161. The Morgan fingerprint density at radius 3 is 2.40 bits per heavy atom. The third kappa shape index (κ3) is 1.41. The quantitative estimate of drug-likeness (QED) is 0.554. The van der Waals surface area contributed by atoms with Crippen molar-refractivity contribution in [1.29, 1.82) is 0 Å². The molecule has 0 amide bonds. The lowest BCUT2D eigenvalue weighted by atomic mass is 10.3. The molecule has 1 rings (SSSR count). The fraction of sp³-hybridized carbons (Fsp3) is 0.600. The molecule has 2 nitrogen and oxygen atoms in total. The molecule has 0 aromatic heterocycles. The molecule has 0 aliphatic carbocycles. The highest BCUT2D eigenvalue weighted by Gasteiger charge is 2.35. The summed E-state index contributed by atoms with van der Waals surface area (Å²) in [5, 5.41) is 1.29. The van der Waals surface area contributed by atoms with Gasteiger partial charge in [-0.25, -0.2) is 5.43 Å². The monoisotopic (exact) mass is 152 g/mol. The van der Waals surface area contributed by atoms with Crippen molar-refractivity contribution in [2.24, 2.45) is 0 Å². The molecule has 58 valence electrons. The summed E-state index contributed by atoms with van der Waals surface area (Å²) in [7, 11) is 1.53. The molecule has 1 aliphatic heterocycles. The Balaban J connectivity index is 2.67. The van der Waals surface area contributed by atoms with Gasteiger partial charge in [0.05, 0.1) is 5.57 Å². The van der Waals surface area contributed by atoms with Gasteiger partial charge in [0.2, 0.25) is 0 Å². The van der Waals surface area contributed by atoms with E-state index >= 15 is 0 Å². The SMILES string of the molecule is CN1C=C(C(F)(F)F)CN1. The van der Waals surface area contributed by atoms with E-state index in [9.17, 15) is 13.2 Å². The summed E-state index contributed by atoms with van der Waals surface area (Å²) in [6.07, 6.45) is -3.14. The standard InChI is InChI=1S/C5H7F3N2/c1-10-3-4(2-9-10)5(6,7)8/h3,9H,2H2,1H3. The number of nitrogens with zero attached hydrogens (tertiary/aromatic N) is 1. The number of rotatable bonds is 0. The normalized spacial score (nSPS) is 19.6. The van der Waals surface area contributed by atoms with Crippen LogP contribution in [0.2, 0.25) is 0 Å². The van der Waals surface area contributed by atoms with E-state index in [2.05, 4.69) is 5.43 Å². The van der Waals surface area contributed by atoms with Crippen LogP contribution in [-0.2, 0) is 0 Å². The van der Waals surface area contributed by atoms with Gasteiger partial charge >= 0.3 is 6.18 Å². The number of hydrazine groups is 1. The van der Waals surface area contributed by atoms with Gasteiger partial charge in [-0.3, -0.25) is 0 Å².